The molecular formula is C27H32FN7OS. The Morgan fingerprint density at radius 2 is 1.86 bits per heavy atom. The van der Waals surface area contributed by atoms with E-state index < -0.39 is 5.67 Å². The Kier molecular flexibility index (Phi) is 6.62. The second-order valence-corrected chi connectivity index (χ2v) is 11.4. The standard InChI is InChI=1S/C27H32FN7OS/c28-27(9-15-33(16-10-27)18-23-20(29)8-17-37-23)26(36)34-13-6-19(7-14-34)35-24-22(5-3-12-31-24)32-25(35)21-4-1-2-11-30-21/h1-5,11-12,19H,6-10,13-18,29H2. The van der Waals surface area contributed by atoms with Gasteiger partial charge in [-0.05, 0) is 43.5 Å². The van der Waals surface area contributed by atoms with Gasteiger partial charge >= 0.3 is 0 Å². The highest BCUT2D eigenvalue weighted by Crippen LogP contribution is 2.36. The van der Waals surface area contributed by atoms with Crippen molar-refractivity contribution >= 4 is 28.8 Å². The van der Waals surface area contributed by atoms with Crippen molar-refractivity contribution in [3.05, 3.63) is 53.3 Å². The number of rotatable bonds is 5. The second-order valence-electron chi connectivity index (χ2n) is 10.2. The molecule has 2 fully saturated rings. The quantitative estimate of drug-likeness (QED) is 0.546. The van der Waals surface area contributed by atoms with E-state index >= 15 is 4.39 Å². The predicted octanol–water partition coefficient (Wildman–Crippen LogP) is 3.77. The fourth-order valence-corrected chi connectivity index (χ4v) is 6.84. The summed E-state index contributed by atoms with van der Waals surface area (Å²) in [7, 11) is 0. The topological polar surface area (TPSA) is 93.2 Å². The molecule has 0 unspecified atom stereocenters. The molecule has 3 aliphatic heterocycles. The number of nitrogens with two attached hydrogens (primary N) is 1. The molecule has 0 atom stereocenters. The average molecular weight is 522 g/mol. The van der Waals surface area contributed by atoms with E-state index in [4.69, 9.17) is 10.7 Å². The van der Waals surface area contributed by atoms with Crippen molar-refractivity contribution in [1.29, 1.82) is 0 Å². The molecule has 0 bridgehead atoms. The number of thioether (sulfide) groups is 1. The number of carbonyl (C=O) groups excluding carboxylic acids is 1. The van der Waals surface area contributed by atoms with Gasteiger partial charge in [-0.3, -0.25) is 14.7 Å². The van der Waals surface area contributed by atoms with Crippen LogP contribution in [0.25, 0.3) is 22.7 Å². The molecule has 6 rings (SSSR count). The van der Waals surface area contributed by atoms with E-state index in [0.717, 1.165) is 59.9 Å². The summed E-state index contributed by atoms with van der Waals surface area (Å²) >= 11 is 1.80. The molecule has 194 valence electrons. The summed E-state index contributed by atoms with van der Waals surface area (Å²) in [4.78, 5) is 32.4. The third kappa shape index (κ3) is 4.72. The Morgan fingerprint density at radius 3 is 2.57 bits per heavy atom. The summed E-state index contributed by atoms with van der Waals surface area (Å²) < 4.78 is 18.0. The number of carbonyl (C=O) groups is 1. The number of piperidine rings is 2. The number of hydrogen-bond donors (Lipinski definition) is 1. The van der Waals surface area contributed by atoms with Crippen LogP contribution in [0.4, 0.5) is 4.39 Å². The van der Waals surface area contributed by atoms with Crippen LogP contribution in [0.15, 0.2) is 53.3 Å². The van der Waals surface area contributed by atoms with Crippen molar-refractivity contribution in [1.82, 2.24) is 29.3 Å². The molecule has 3 aromatic rings. The van der Waals surface area contributed by atoms with Gasteiger partial charge in [0.25, 0.3) is 5.91 Å². The van der Waals surface area contributed by atoms with Crippen molar-refractivity contribution in [3.8, 4) is 11.5 Å². The highest BCUT2D eigenvalue weighted by atomic mass is 32.2. The zero-order valence-electron chi connectivity index (χ0n) is 20.9. The summed E-state index contributed by atoms with van der Waals surface area (Å²) in [6.45, 7) is 2.98. The van der Waals surface area contributed by atoms with E-state index in [1.807, 2.05) is 30.3 Å². The van der Waals surface area contributed by atoms with Crippen molar-refractivity contribution in [2.45, 2.75) is 43.8 Å². The molecule has 6 heterocycles. The highest BCUT2D eigenvalue weighted by molar-refractivity contribution is 8.03. The first-order chi connectivity index (χ1) is 18.0. The summed E-state index contributed by atoms with van der Waals surface area (Å²) in [5.74, 6) is 1.47. The first kappa shape index (κ1) is 24.4. The lowest BCUT2D eigenvalue weighted by Crippen LogP contribution is -2.54. The maximum atomic E-state index is 15.9. The number of allylic oxidation sites excluding steroid dienone is 1. The normalized spacial score (nSPS) is 21.2. The fraction of sp³-hybridized carbons (Fsp3) is 0.481. The van der Waals surface area contributed by atoms with Crippen LogP contribution in [0.1, 0.15) is 38.1 Å². The van der Waals surface area contributed by atoms with Crippen LogP contribution in [0.5, 0.6) is 0 Å². The first-order valence-corrected chi connectivity index (χ1v) is 14.1. The lowest BCUT2D eigenvalue weighted by atomic mass is 9.90. The molecule has 3 aliphatic rings. The van der Waals surface area contributed by atoms with Crippen LogP contribution in [-0.4, -0.2) is 79.4 Å². The van der Waals surface area contributed by atoms with Gasteiger partial charge in [0.05, 0.1) is 0 Å². The predicted molar refractivity (Wildman–Crippen MR) is 143 cm³/mol. The number of likely N-dealkylation sites (tertiary alicyclic amines) is 2. The number of alkyl halides is 1. The van der Waals surface area contributed by atoms with Crippen LogP contribution in [0.3, 0.4) is 0 Å². The van der Waals surface area contributed by atoms with Gasteiger partial charge in [0.1, 0.15) is 11.2 Å². The van der Waals surface area contributed by atoms with E-state index in [2.05, 4.69) is 19.4 Å². The summed E-state index contributed by atoms with van der Waals surface area (Å²) in [6.07, 6.45) is 6.40. The largest absolute Gasteiger partial charge is 0.401 e. The Balaban J connectivity index is 1.13. The summed E-state index contributed by atoms with van der Waals surface area (Å²) in [6, 6.07) is 9.74. The van der Waals surface area contributed by atoms with Crippen molar-refractivity contribution in [2.24, 2.45) is 5.73 Å². The zero-order valence-corrected chi connectivity index (χ0v) is 21.7. The molecule has 2 N–H and O–H groups in total. The third-order valence-corrected chi connectivity index (χ3v) is 9.01. The molecule has 1 amide bonds. The molecule has 0 spiro atoms. The van der Waals surface area contributed by atoms with Gasteiger partial charge in [0.2, 0.25) is 0 Å². The van der Waals surface area contributed by atoms with Gasteiger partial charge in [0, 0.05) is 80.4 Å². The van der Waals surface area contributed by atoms with Crippen molar-refractivity contribution in [2.75, 3.05) is 38.5 Å². The number of nitrogens with zero attached hydrogens (tertiary/aromatic N) is 6. The van der Waals surface area contributed by atoms with Gasteiger partial charge in [-0.1, -0.05) is 6.07 Å². The van der Waals surface area contributed by atoms with Crippen LogP contribution < -0.4 is 5.73 Å². The Morgan fingerprint density at radius 1 is 1.08 bits per heavy atom. The third-order valence-electron chi connectivity index (χ3n) is 7.86. The summed E-state index contributed by atoms with van der Waals surface area (Å²) in [5.41, 5.74) is 7.72. The van der Waals surface area contributed by atoms with Crippen LogP contribution in [-0.2, 0) is 4.79 Å². The molecule has 0 radical (unpaired) electrons. The molecule has 2 saturated heterocycles. The monoisotopic (exact) mass is 521 g/mol. The SMILES string of the molecule is NC1=C(CN2CCC(F)(C(=O)N3CCC(n4c(-c5ccccn5)nc5cccnc54)CC3)CC2)SCC1. The van der Waals surface area contributed by atoms with Crippen LogP contribution >= 0.6 is 11.8 Å². The van der Waals surface area contributed by atoms with E-state index in [1.54, 1.807) is 29.1 Å². The molecule has 0 saturated carbocycles. The van der Waals surface area contributed by atoms with Crippen molar-refractivity contribution in [3.63, 3.8) is 0 Å². The fourth-order valence-electron chi connectivity index (χ4n) is 5.71. The van der Waals surface area contributed by atoms with Crippen molar-refractivity contribution < 1.29 is 9.18 Å². The second kappa shape index (κ2) is 10.1. The molecule has 3 aromatic heterocycles. The van der Waals surface area contributed by atoms with Gasteiger partial charge in [-0.2, -0.15) is 0 Å². The van der Waals surface area contributed by atoms with Crippen LogP contribution in [0.2, 0.25) is 0 Å². The smallest absolute Gasteiger partial charge is 0.260 e. The van der Waals surface area contributed by atoms with Gasteiger partial charge in [-0.25, -0.2) is 14.4 Å². The van der Waals surface area contributed by atoms with E-state index in [0.29, 0.717) is 26.2 Å². The molecular weight excluding hydrogens is 489 g/mol. The number of halogens is 1. The molecule has 0 aromatic carbocycles. The molecule has 8 nitrogen and oxygen atoms in total. The number of hydrogen-bond acceptors (Lipinski definition) is 7. The number of pyridine rings is 2. The van der Waals surface area contributed by atoms with E-state index in [9.17, 15) is 4.79 Å². The minimum Gasteiger partial charge on any atom is -0.401 e. The maximum absolute atomic E-state index is 15.9. The van der Waals surface area contributed by atoms with Gasteiger partial charge < -0.3 is 15.2 Å². The lowest BCUT2D eigenvalue weighted by molar-refractivity contribution is -0.148. The Hall–Kier alpha value is -2.98. The number of fused-ring (bicyclic) bond motifs is 1. The Labute approximate surface area is 220 Å². The lowest BCUT2D eigenvalue weighted by Gasteiger charge is -2.40. The zero-order chi connectivity index (χ0) is 25.4. The van der Waals surface area contributed by atoms with Crippen LogP contribution in [0, 0.1) is 0 Å². The number of amides is 1. The van der Waals surface area contributed by atoms with Gasteiger partial charge in [0.15, 0.2) is 17.1 Å². The number of imidazole rings is 1. The maximum Gasteiger partial charge on any atom is 0.260 e. The van der Waals surface area contributed by atoms with E-state index in [1.165, 1.54) is 4.91 Å². The highest BCUT2D eigenvalue weighted by Gasteiger charge is 2.45. The molecule has 10 heteroatoms. The van der Waals surface area contributed by atoms with E-state index in [-0.39, 0.29) is 24.8 Å². The Bertz CT molecular complexity index is 1310. The molecule has 0 aliphatic carbocycles. The average Bonchev–Trinajstić information content (AvgIpc) is 3.53. The minimum atomic E-state index is -1.78. The minimum absolute atomic E-state index is 0.112. The summed E-state index contributed by atoms with van der Waals surface area (Å²) in [5, 5.41) is 0. The first-order valence-electron chi connectivity index (χ1n) is 13.1. The number of aromatic nitrogens is 4. The van der Waals surface area contributed by atoms with Gasteiger partial charge in [-0.15, -0.1) is 11.8 Å². The molecule has 37 heavy (non-hydrogen) atoms.